The van der Waals surface area contributed by atoms with Crippen molar-refractivity contribution >= 4 is 11.7 Å². The van der Waals surface area contributed by atoms with Crippen molar-refractivity contribution in [2.24, 2.45) is 0 Å². The van der Waals surface area contributed by atoms with Crippen LogP contribution in [0, 0.1) is 11.2 Å². The van der Waals surface area contributed by atoms with Gasteiger partial charge in [0, 0.05) is 16.7 Å². The molecule has 1 aliphatic rings. The van der Waals surface area contributed by atoms with Gasteiger partial charge in [0.25, 0.3) is 5.91 Å². The molecule has 0 radical (unpaired) electrons. The lowest BCUT2D eigenvalue weighted by Crippen LogP contribution is -2.52. The molecule has 0 fully saturated rings. The van der Waals surface area contributed by atoms with Crippen molar-refractivity contribution in [1.29, 1.82) is 5.41 Å². The molecule has 0 saturated carbocycles. The van der Waals surface area contributed by atoms with Gasteiger partial charge in [-0.1, -0.05) is 0 Å². The van der Waals surface area contributed by atoms with Gasteiger partial charge in [0.05, 0.1) is 36.8 Å². The minimum Gasteiger partial charge on any atom is -0.493 e. The van der Waals surface area contributed by atoms with Crippen LogP contribution in [0.3, 0.4) is 0 Å². The van der Waals surface area contributed by atoms with Gasteiger partial charge in [-0.3, -0.25) is 10.2 Å². The van der Waals surface area contributed by atoms with Gasteiger partial charge < -0.3 is 35.1 Å². The number of alkyl halides is 3. The summed E-state index contributed by atoms with van der Waals surface area (Å²) in [4.78, 5) is 17.1. The zero-order valence-electron chi connectivity index (χ0n) is 24.3. The molecule has 3 atom stereocenters. The lowest BCUT2D eigenvalue weighted by molar-refractivity contribution is -0.265. The SMILES string of the molecule is COc1cc(C(=O)NC[C@@](O)(c2cc3c(c(-c4ccc(F)cc4)n2)OC[C@@]3(C)NC(C)=N)C(F)(F)F)ccc1OC[C@@H](C)O. The van der Waals surface area contributed by atoms with Crippen LogP contribution < -0.4 is 24.8 Å². The van der Waals surface area contributed by atoms with Gasteiger partial charge in [0.15, 0.2) is 17.2 Å². The van der Waals surface area contributed by atoms with Gasteiger partial charge in [0.2, 0.25) is 5.60 Å². The number of halogens is 4. The Labute approximate surface area is 250 Å². The van der Waals surface area contributed by atoms with E-state index in [1.807, 2.05) is 0 Å². The van der Waals surface area contributed by atoms with E-state index in [9.17, 15) is 32.6 Å². The number of rotatable bonds is 10. The average Bonchev–Trinajstić information content (AvgIpc) is 3.29. The number of carbonyl (C=O) groups excluding carboxylic acids is 1. The molecule has 1 aromatic heterocycles. The average molecular weight is 621 g/mol. The molecular formula is C30H32F4N4O6. The third-order valence-electron chi connectivity index (χ3n) is 6.96. The summed E-state index contributed by atoms with van der Waals surface area (Å²) in [5.41, 5.74) is -5.46. The smallest absolute Gasteiger partial charge is 0.424 e. The molecule has 2 aromatic carbocycles. The number of aliphatic hydroxyl groups excluding tert-OH is 1. The standard InChI is InChI=1S/C30H32F4N4O6/c1-16(39)13-43-22-10-7-19(11-23(22)42-4)27(40)36-14-29(41,30(32,33)34)24-12-21-26(44-15-28(21,3)38-17(2)35)25(37-24)18-5-8-20(31)9-6-18/h5-12,16,39,41H,13-15H2,1-4H3,(H2,35,38)(H,36,40)/t16-,28-,29-/m1/s1. The van der Waals surface area contributed by atoms with Crippen molar-refractivity contribution in [1.82, 2.24) is 15.6 Å². The van der Waals surface area contributed by atoms with E-state index in [-0.39, 0.29) is 58.7 Å². The number of nitrogens with one attached hydrogen (secondary N) is 3. The molecule has 4 rings (SSSR count). The number of hydrogen-bond acceptors (Lipinski definition) is 8. The highest BCUT2D eigenvalue weighted by Crippen LogP contribution is 2.47. The number of pyridine rings is 1. The Morgan fingerprint density at radius 2 is 1.86 bits per heavy atom. The summed E-state index contributed by atoms with van der Waals surface area (Å²) >= 11 is 0. The number of methoxy groups -OCH3 is 1. The summed E-state index contributed by atoms with van der Waals surface area (Å²) in [6.07, 6.45) is -6.10. The van der Waals surface area contributed by atoms with Crippen LogP contribution in [0.15, 0.2) is 48.5 Å². The van der Waals surface area contributed by atoms with Gasteiger partial charge >= 0.3 is 6.18 Å². The van der Waals surface area contributed by atoms with Crippen LogP contribution in [0.5, 0.6) is 17.2 Å². The number of carbonyl (C=O) groups is 1. The Hall–Kier alpha value is -4.43. The first-order chi connectivity index (χ1) is 20.6. The monoisotopic (exact) mass is 620 g/mol. The topological polar surface area (TPSA) is 146 Å². The van der Waals surface area contributed by atoms with Crippen molar-refractivity contribution in [3.05, 3.63) is 71.2 Å². The maximum Gasteiger partial charge on any atom is 0.424 e. The molecular weight excluding hydrogens is 588 g/mol. The first-order valence-electron chi connectivity index (χ1n) is 13.4. The van der Waals surface area contributed by atoms with Crippen LogP contribution in [-0.2, 0) is 11.1 Å². The number of benzene rings is 2. The normalized spacial score (nSPS) is 18.0. The van der Waals surface area contributed by atoms with Gasteiger partial charge in [-0.15, -0.1) is 0 Å². The Balaban J connectivity index is 1.74. The van der Waals surface area contributed by atoms with Gasteiger partial charge in [-0.25, -0.2) is 9.37 Å². The molecule has 44 heavy (non-hydrogen) atoms. The highest BCUT2D eigenvalue weighted by molar-refractivity contribution is 5.95. The van der Waals surface area contributed by atoms with Crippen molar-refractivity contribution in [3.8, 4) is 28.5 Å². The molecule has 5 N–H and O–H groups in total. The predicted octanol–water partition coefficient (Wildman–Crippen LogP) is 4.03. The molecule has 0 spiro atoms. The fourth-order valence-corrected chi connectivity index (χ4v) is 4.70. The molecule has 14 heteroatoms. The lowest BCUT2D eigenvalue weighted by atomic mass is 9.88. The zero-order valence-corrected chi connectivity index (χ0v) is 24.3. The van der Waals surface area contributed by atoms with Gasteiger partial charge in [-0.2, -0.15) is 13.2 Å². The predicted molar refractivity (Wildman–Crippen MR) is 151 cm³/mol. The molecule has 1 amide bonds. The second kappa shape index (κ2) is 12.3. The van der Waals surface area contributed by atoms with E-state index in [2.05, 4.69) is 15.6 Å². The van der Waals surface area contributed by atoms with Crippen LogP contribution in [0.4, 0.5) is 17.6 Å². The van der Waals surface area contributed by atoms with E-state index in [1.54, 1.807) is 6.92 Å². The summed E-state index contributed by atoms with van der Waals surface area (Å²) < 4.78 is 74.2. The van der Waals surface area contributed by atoms with E-state index in [1.165, 1.54) is 51.3 Å². The van der Waals surface area contributed by atoms with E-state index >= 15 is 0 Å². The van der Waals surface area contributed by atoms with Crippen LogP contribution in [0.25, 0.3) is 11.3 Å². The van der Waals surface area contributed by atoms with Crippen LogP contribution in [-0.4, -0.2) is 66.1 Å². The largest absolute Gasteiger partial charge is 0.493 e. The molecule has 0 unspecified atom stereocenters. The van der Waals surface area contributed by atoms with Crippen molar-refractivity contribution < 1.29 is 46.8 Å². The minimum atomic E-state index is -5.32. The second-order valence-electron chi connectivity index (χ2n) is 10.7. The Kier molecular flexibility index (Phi) is 9.07. The van der Waals surface area contributed by atoms with Gasteiger partial charge in [-0.05, 0) is 69.3 Å². The van der Waals surface area contributed by atoms with Crippen molar-refractivity contribution in [2.45, 2.75) is 44.2 Å². The van der Waals surface area contributed by atoms with Crippen LogP contribution in [0.2, 0.25) is 0 Å². The van der Waals surface area contributed by atoms with Crippen LogP contribution in [0.1, 0.15) is 42.4 Å². The number of fused-ring (bicyclic) bond motifs is 1. The van der Waals surface area contributed by atoms with Crippen LogP contribution >= 0.6 is 0 Å². The van der Waals surface area contributed by atoms with E-state index in [4.69, 9.17) is 19.6 Å². The number of aromatic nitrogens is 1. The lowest BCUT2D eigenvalue weighted by Gasteiger charge is -2.32. The molecule has 1 aliphatic heterocycles. The Bertz CT molecular complexity index is 1550. The molecule has 2 heterocycles. The first kappa shape index (κ1) is 32.5. The fraction of sp³-hybridized carbons (Fsp3) is 0.367. The number of hydrogen-bond donors (Lipinski definition) is 5. The minimum absolute atomic E-state index is 0.0155. The summed E-state index contributed by atoms with van der Waals surface area (Å²) in [7, 11) is 1.30. The summed E-state index contributed by atoms with van der Waals surface area (Å²) in [5.74, 6) is -1.12. The number of amides is 1. The molecule has 0 saturated heterocycles. The third-order valence-corrected chi connectivity index (χ3v) is 6.96. The molecule has 0 aliphatic carbocycles. The highest BCUT2D eigenvalue weighted by Gasteiger charge is 2.57. The Morgan fingerprint density at radius 3 is 2.45 bits per heavy atom. The Morgan fingerprint density at radius 1 is 1.18 bits per heavy atom. The van der Waals surface area contributed by atoms with Crippen molar-refractivity contribution in [2.75, 3.05) is 26.9 Å². The summed E-state index contributed by atoms with van der Waals surface area (Å²) in [5, 5.41) is 33.6. The number of ether oxygens (including phenoxy) is 3. The maximum absolute atomic E-state index is 14.7. The van der Waals surface area contributed by atoms with E-state index in [0.717, 1.165) is 18.2 Å². The highest BCUT2D eigenvalue weighted by atomic mass is 19.4. The molecule has 0 bridgehead atoms. The van der Waals surface area contributed by atoms with E-state index in [0.29, 0.717) is 0 Å². The second-order valence-corrected chi connectivity index (χ2v) is 10.7. The summed E-state index contributed by atoms with van der Waals surface area (Å²) in [6, 6.07) is 9.76. The summed E-state index contributed by atoms with van der Waals surface area (Å²) in [6.45, 7) is 3.12. The fourth-order valence-electron chi connectivity index (χ4n) is 4.70. The first-order valence-corrected chi connectivity index (χ1v) is 13.4. The van der Waals surface area contributed by atoms with Crippen molar-refractivity contribution in [3.63, 3.8) is 0 Å². The van der Waals surface area contributed by atoms with Gasteiger partial charge in [0.1, 0.15) is 24.7 Å². The number of amidine groups is 1. The number of aliphatic hydroxyl groups is 2. The quantitative estimate of drug-likeness (QED) is 0.130. The number of nitrogens with zero attached hydrogens (tertiary/aromatic N) is 1. The third kappa shape index (κ3) is 6.55. The van der Waals surface area contributed by atoms with E-state index < -0.39 is 47.4 Å². The molecule has 236 valence electrons. The molecule has 3 aromatic rings. The molecule has 10 nitrogen and oxygen atoms in total. The zero-order chi connectivity index (χ0) is 32.4. The maximum atomic E-state index is 14.7.